The van der Waals surface area contributed by atoms with Crippen LogP contribution in [0.5, 0.6) is 0 Å². The predicted molar refractivity (Wildman–Crippen MR) is 42.8 cm³/mol. The minimum atomic E-state index is -0.0685. The van der Waals surface area contributed by atoms with Gasteiger partial charge in [-0.2, -0.15) is 0 Å². The van der Waals surface area contributed by atoms with Crippen molar-refractivity contribution < 1.29 is 4.79 Å². The minimum Gasteiger partial charge on any atom is -0.329 e. The SMILES string of the molecule is CC1NCCCN(CN)C1=O. The zero-order valence-electron chi connectivity index (χ0n) is 6.84. The summed E-state index contributed by atoms with van der Waals surface area (Å²) in [6, 6.07) is -0.0685. The summed E-state index contributed by atoms with van der Waals surface area (Å²) < 4.78 is 0. The van der Waals surface area contributed by atoms with Crippen molar-refractivity contribution in [3.05, 3.63) is 0 Å². The number of amides is 1. The summed E-state index contributed by atoms with van der Waals surface area (Å²) >= 11 is 0. The lowest BCUT2D eigenvalue weighted by Crippen LogP contribution is -2.43. The van der Waals surface area contributed by atoms with E-state index in [-0.39, 0.29) is 11.9 Å². The molecule has 4 heteroatoms. The van der Waals surface area contributed by atoms with Crippen LogP contribution in [0.25, 0.3) is 0 Å². The molecule has 1 fully saturated rings. The van der Waals surface area contributed by atoms with Gasteiger partial charge in [0.25, 0.3) is 0 Å². The Morgan fingerprint density at radius 3 is 3.18 bits per heavy atom. The zero-order valence-corrected chi connectivity index (χ0v) is 6.84. The van der Waals surface area contributed by atoms with Gasteiger partial charge in [0.1, 0.15) is 0 Å². The van der Waals surface area contributed by atoms with Crippen LogP contribution < -0.4 is 11.1 Å². The van der Waals surface area contributed by atoms with Crippen LogP contribution in [0, 0.1) is 0 Å². The number of nitrogens with one attached hydrogen (secondary N) is 1. The first-order chi connectivity index (χ1) is 5.25. The van der Waals surface area contributed by atoms with Crippen molar-refractivity contribution in [2.75, 3.05) is 19.8 Å². The van der Waals surface area contributed by atoms with Crippen LogP contribution >= 0.6 is 0 Å². The van der Waals surface area contributed by atoms with Crippen molar-refractivity contribution in [2.24, 2.45) is 5.73 Å². The first-order valence-electron chi connectivity index (χ1n) is 3.98. The van der Waals surface area contributed by atoms with Crippen LogP contribution in [-0.2, 0) is 4.79 Å². The molecule has 11 heavy (non-hydrogen) atoms. The van der Waals surface area contributed by atoms with Gasteiger partial charge in [-0.15, -0.1) is 0 Å². The van der Waals surface area contributed by atoms with Crippen molar-refractivity contribution in [2.45, 2.75) is 19.4 Å². The fourth-order valence-electron chi connectivity index (χ4n) is 1.24. The highest BCUT2D eigenvalue weighted by Gasteiger charge is 2.21. The van der Waals surface area contributed by atoms with Gasteiger partial charge in [-0.1, -0.05) is 0 Å². The highest BCUT2D eigenvalue weighted by Crippen LogP contribution is 1.99. The minimum absolute atomic E-state index is 0.0685. The summed E-state index contributed by atoms with van der Waals surface area (Å²) in [4.78, 5) is 13.0. The molecule has 1 aliphatic rings. The molecule has 4 nitrogen and oxygen atoms in total. The smallest absolute Gasteiger partial charge is 0.240 e. The molecule has 1 aliphatic heterocycles. The van der Waals surface area contributed by atoms with E-state index < -0.39 is 0 Å². The molecular weight excluding hydrogens is 142 g/mol. The Hall–Kier alpha value is -0.610. The molecule has 0 saturated carbocycles. The molecule has 1 rings (SSSR count). The van der Waals surface area contributed by atoms with E-state index in [2.05, 4.69) is 5.32 Å². The molecular formula is C7H15N3O. The molecule has 1 saturated heterocycles. The lowest BCUT2D eigenvalue weighted by atomic mass is 10.3. The Bertz CT molecular complexity index is 149. The van der Waals surface area contributed by atoms with Crippen molar-refractivity contribution in [3.63, 3.8) is 0 Å². The van der Waals surface area contributed by atoms with Crippen LogP contribution in [0.3, 0.4) is 0 Å². The van der Waals surface area contributed by atoms with Gasteiger partial charge < -0.3 is 16.0 Å². The number of carbonyl (C=O) groups is 1. The van der Waals surface area contributed by atoms with Crippen LogP contribution in [0.2, 0.25) is 0 Å². The number of nitrogens with zero attached hydrogens (tertiary/aromatic N) is 1. The van der Waals surface area contributed by atoms with Crippen LogP contribution in [-0.4, -0.2) is 36.6 Å². The number of rotatable bonds is 1. The standard InChI is InChI=1S/C7H15N3O/c1-6-7(11)10(5-8)4-2-3-9-6/h6,9H,2-5,8H2,1H3. The lowest BCUT2D eigenvalue weighted by molar-refractivity contribution is -0.132. The Labute approximate surface area is 66.7 Å². The fraction of sp³-hybridized carbons (Fsp3) is 0.857. The van der Waals surface area contributed by atoms with Gasteiger partial charge in [0.2, 0.25) is 5.91 Å². The van der Waals surface area contributed by atoms with Crippen molar-refractivity contribution in [3.8, 4) is 0 Å². The highest BCUT2D eigenvalue weighted by molar-refractivity contribution is 5.81. The van der Waals surface area contributed by atoms with E-state index in [1.54, 1.807) is 4.90 Å². The van der Waals surface area contributed by atoms with E-state index >= 15 is 0 Å². The van der Waals surface area contributed by atoms with E-state index in [9.17, 15) is 4.79 Å². The summed E-state index contributed by atoms with van der Waals surface area (Å²) in [6.45, 7) is 3.90. The molecule has 1 atom stereocenters. The van der Waals surface area contributed by atoms with Gasteiger partial charge in [0.05, 0.1) is 12.7 Å². The van der Waals surface area contributed by atoms with Gasteiger partial charge in [-0.05, 0) is 19.9 Å². The summed E-state index contributed by atoms with van der Waals surface area (Å²) in [7, 11) is 0. The maximum absolute atomic E-state index is 11.4. The monoisotopic (exact) mass is 157 g/mol. The summed E-state index contributed by atoms with van der Waals surface area (Å²) in [5.74, 6) is 0.116. The quantitative estimate of drug-likeness (QED) is 0.519. The molecule has 0 radical (unpaired) electrons. The van der Waals surface area contributed by atoms with E-state index in [1.807, 2.05) is 6.92 Å². The molecule has 0 bridgehead atoms. The number of nitrogens with two attached hydrogens (primary N) is 1. The van der Waals surface area contributed by atoms with E-state index in [1.165, 1.54) is 0 Å². The molecule has 0 aromatic heterocycles. The third-order valence-corrected chi connectivity index (χ3v) is 1.96. The average Bonchev–Trinajstić information content (AvgIpc) is 2.16. The lowest BCUT2D eigenvalue weighted by Gasteiger charge is -2.19. The molecule has 1 amide bonds. The van der Waals surface area contributed by atoms with E-state index in [4.69, 9.17) is 5.73 Å². The second-order valence-electron chi connectivity index (χ2n) is 2.81. The number of hydrogen-bond donors (Lipinski definition) is 2. The Kier molecular flexibility index (Phi) is 2.84. The van der Waals surface area contributed by atoms with Crippen LogP contribution in [0.4, 0.5) is 0 Å². The van der Waals surface area contributed by atoms with E-state index in [0.29, 0.717) is 6.67 Å². The molecule has 1 unspecified atom stereocenters. The van der Waals surface area contributed by atoms with Crippen molar-refractivity contribution in [1.82, 2.24) is 10.2 Å². The van der Waals surface area contributed by atoms with Crippen molar-refractivity contribution >= 4 is 5.91 Å². The number of hydrogen-bond acceptors (Lipinski definition) is 3. The first-order valence-corrected chi connectivity index (χ1v) is 3.98. The molecule has 0 aromatic carbocycles. The molecule has 1 heterocycles. The molecule has 64 valence electrons. The highest BCUT2D eigenvalue weighted by atomic mass is 16.2. The van der Waals surface area contributed by atoms with Crippen molar-refractivity contribution in [1.29, 1.82) is 0 Å². The third-order valence-electron chi connectivity index (χ3n) is 1.96. The molecule has 0 spiro atoms. The zero-order chi connectivity index (χ0) is 8.27. The van der Waals surface area contributed by atoms with Gasteiger partial charge in [-0.3, -0.25) is 4.79 Å². The van der Waals surface area contributed by atoms with Crippen LogP contribution in [0.1, 0.15) is 13.3 Å². The largest absolute Gasteiger partial charge is 0.329 e. The third kappa shape index (κ3) is 1.91. The fourth-order valence-corrected chi connectivity index (χ4v) is 1.24. The normalized spacial score (nSPS) is 26.9. The molecule has 3 N–H and O–H groups in total. The first kappa shape index (κ1) is 8.49. The Balaban J connectivity index is 2.56. The number of carbonyl (C=O) groups excluding carboxylic acids is 1. The molecule has 0 aromatic rings. The average molecular weight is 157 g/mol. The van der Waals surface area contributed by atoms with Gasteiger partial charge >= 0.3 is 0 Å². The maximum Gasteiger partial charge on any atom is 0.240 e. The topological polar surface area (TPSA) is 58.4 Å². The van der Waals surface area contributed by atoms with Gasteiger partial charge in [0, 0.05) is 6.54 Å². The summed E-state index contributed by atoms with van der Waals surface area (Å²) in [5.41, 5.74) is 5.40. The second kappa shape index (κ2) is 3.69. The maximum atomic E-state index is 11.4. The Morgan fingerprint density at radius 1 is 1.82 bits per heavy atom. The summed E-state index contributed by atoms with van der Waals surface area (Å²) in [5, 5.41) is 3.11. The second-order valence-corrected chi connectivity index (χ2v) is 2.81. The van der Waals surface area contributed by atoms with Gasteiger partial charge in [-0.25, -0.2) is 0 Å². The Morgan fingerprint density at radius 2 is 2.55 bits per heavy atom. The predicted octanol–water partition coefficient (Wildman–Crippen LogP) is -0.887. The van der Waals surface area contributed by atoms with E-state index in [0.717, 1.165) is 19.5 Å². The van der Waals surface area contributed by atoms with Crippen LogP contribution in [0.15, 0.2) is 0 Å². The van der Waals surface area contributed by atoms with Gasteiger partial charge in [0.15, 0.2) is 0 Å². The molecule has 0 aliphatic carbocycles. The summed E-state index contributed by atoms with van der Waals surface area (Å²) in [6.07, 6.45) is 0.993.